The zero-order chi connectivity index (χ0) is 16.3. The van der Waals surface area contributed by atoms with Crippen molar-refractivity contribution in [3.05, 3.63) is 29.6 Å². The van der Waals surface area contributed by atoms with Crippen molar-refractivity contribution in [2.75, 3.05) is 18.5 Å². The average molecular weight is 308 g/mol. The highest BCUT2D eigenvalue weighted by atomic mass is 19.1. The molecule has 0 aromatic heterocycles. The summed E-state index contributed by atoms with van der Waals surface area (Å²) in [5.41, 5.74) is 1.16. The molecule has 4 nitrogen and oxygen atoms in total. The molecule has 5 heteroatoms. The fraction of sp³-hybridized carbons (Fsp3) is 0.588. The Hall–Kier alpha value is -1.62. The van der Waals surface area contributed by atoms with E-state index in [-0.39, 0.29) is 23.5 Å². The molecular weight excluding hydrogens is 283 g/mol. The van der Waals surface area contributed by atoms with Gasteiger partial charge in [-0.1, -0.05) is 0 Å². The van der Waals surface area contributed by atoms with Gasteiger partial charge in [0.1, 0.15) is 5.82 Å². The monoisotopic (exact) mass is 308 g/mol. The molecule has 1 saturated heterocycles. The molecule has 1 unspecified atom stereocenters. The predicted molar refractivity (Wildman–Crippen MR) is 85.6 cm³/mol. The summed E-state index contributed by atoms with van der Waals surface area (Å²) in [7, 11) is 0. The van der Waals surface area contributed by atoms with Gasteiger partial charge in [-0.15, -0.1) is 0 Å². The fourth-order valence-electron chi connectivity index (χ4n) is 2.99. The molecule has 1 aromatic carbocycles. The van der Waals surface area contributed by atoms with Crippen LogP contribution in [0.2, 0.25) is 0 Å². The lowest BCUT2D eigenvalue weighted by atomic mass is 9.93. The first-order valence-electron chi connectivity index (χ1n) is 7.80. The fourth-order valence-corrected chi connectivity index (χ4v) is 2.99. The molecule has 0 bridgehead atoms. The number of nitrogens with one attached hydrogen (secondary N) is 1. The standard InChI is InChI=1S/C17H25FN2O2/c1-5-20(14-8-9-22-17(3,4)11-14)16(21)19-15-7-6-13(18)10-12(15)2/h6-7,10,14H,5,8-9,11H2,1-4H3,(H,19,21). The lowest BCUT2D eigenvalue weighted by Gasteiger charge is -2.40. The second kappa shape index (κ2) is 6.65. The zero-order valence-corrected chi connectivity index (χ0v) is 13.8. The van der Waals surface area contributed by atoms with Gasteiger partial charge >= 0.3 is 6.03 Å². The van der Waals surface area contributed by atoms with E-state index in [1.807, 2.05) is 11.8 Å². The van der Waals surface area contributed by atoms with Gasteiger partial charge in [0.05, 0.1) is 5.60 Å². The van der Waals surface area contributed by atoms with Gasteiger partial charge in [0.2, 0.25) is 0 Å². The van der Waals surface area contributed by atoms with E-state index in [0.717, 1.165) is 18.4 Å². The van der Waals surface area contributed by atoms with Crippen LogP contribution in [0.25, 0.3) is 0 Å². The van der Waals surface area contributed by atoms with Crippen molar-refractivity contribution in [3.63, 3.8) is 0 Å². The van der Waals surface area contributed by atoms with Crippen LogP contribution in [0.4, 0.5) is 14.9 Å². The molecule has 2 amide bonds. The predicted octanol–water partition coefficient (Wildman–Crippen LogP) is 3.95. The van der Waals surface area contributed by atoms with Crippen molar-refractivity contribution in [2.45, 2.75) is 52.2 Å². The number of benzene rings is 1. The summed E-state index contributed by atoms with van der Waals surface area (Å²) in [6.07, 6.45) is 1.66. The van der Waals surface area contributed by atoms with E-state index in [2.05, 4.69) is 19.2 Å². The van der Waals surface area contributed by atoms with Crippen molar-refractivity contribution in [2.24, 2.45) is 0 Å². The molecule has 1 N–H and O–H groups in total. The van der Waals surface area contributed by atoms with Gasteiger partial charge in [-0.25, -0.2) is 9.18 Å². The Labute approximate surface area is 131 Å². The number of hydrogen-bond donors (Lipinski definition) is 1. The lowest BCUT2D eigenvalue weighted by molar-refractivity contribution is -0.0758. The van der Waals surface area contributed by atoms with Crippen LogP contribution < -0.4 is 5.32 Å². The second-order valence-electron chi connectivity index (χ2n) is 6.43. The third-order valence-electron chi connectivity index (χ3n) is 4.14. The summed E-state index contributed by atoms with van der Waals surface area (Å²) in [5.74, 6) is -0.297. The van der Waals surface area contributed by atoms with Gasteiger partial charge in [-0.2, -0.15) is 0 Å². The number of aryl methyl sites for hydroxylation is 1. The Bertz CT molecular complexity index is 545. The number of hydrogen-bond acceptors (Lipinski definition) is 2. The molecule has 1 aromatic rings. The summed E-state index contributed by atoms with van der Waals surface area (Å²) in [6, 6.07) is 4.40. The average Bonchev–Trinajstić information content (AvgIpc) is 2.42. The minimum Gasteiger partial charge on any atom is -0.375 e. The number of rotatable bonds is 3. The quantitative estimate of drug-likeness (QED) is 0.918. The van der Waals surface area contributed by atoms with E-state index in [1.54, 1.807) is 13.0 Å². The van der Waals surface area contributed by atoms with E-state index in [4.69, 9.17) is 4.74 Å². The first kappa shape index (κ1) is 16.7. The number of anilines is 1. The van der Waals surface area contributed by atoms with E-state index in [1.165, 1.54) is 12.1 Å². The molecule has 2 rings (SSSR count). The number of amides is 2. The summed E-state index contributed by atoms with van der Waals surface area (Å²) in [5, 5.41) is 2.89. The maximum absolute atomic E-state index is 13.1. The third kappa shape index (κ3) is 3.97. The minimum absolute atomic E-state index is 0.139. The van der Waals surface area contributed by atoms with Gasteiger partial charge in [0.25, 0.3) is 0 Å². The topological polar surface area (TPSA) is 41.6 Å². The molecule has 0 saturated carbocycles. The van der Waals surface area contributed by atoms with Crippen molar-refractivity contribution < 1.29 is 13.9 Å². The summed E-state index contributed by atoms with van der Waals surface area (Å²) >= 11 is 0. The van der Waals surface area contributed by atoms with E-state index in [0.29, 0.717) is 18.8 Å². The van der Waals surface area contributed by atoms with Crippen molar-refractivity contribution >= 4 is 11.7 Å². The maximum Gasteiger partial charge on any atom is 0.322 e. The Morgan fingerprint density at radius 2 is 2.23 bits per heavy atom. The largest absolute Gasteiger partial charge is 0.375 e. The highest BCUT2D eigenvalue weighted by Gasteiger charge is 2.33. The number of ether oxygens (including phenoxy) is 1. The molecule has 1 heterocycles. The molecule has 0 radical (unpaired) electrons. The smallest absolute Gasteiger partial charge is 0.322 e. The molecule has 1 aliphatic heterocycles. The summed E-state index contributed by atoms with van der Waals surface area (Å²) in [6.45, 7) is 9.15. The molecule has 122 valence electrons. The zero-order valence-electron chi connectivity index (χ0n) is 13.8. The van der Waals surface area contributed by atoms with Gasteiger partial charge in [0, 0.05) is 24.9 Å². The molecule has 0 aliphatic carbocycles. The Morgan fingerprint density at radius 3 is 2.82 bits per heavy atom. The van der Waals surface area contributed by atoms with Crippen LogP contribution in [0.5, 0.6) is 0 Å². The van der Waals surface area contributed by atoms with Crippen LogP contribution in [0.3, 0.4) is 0 Å². The van der Waals surface area contributed by atoms with Crippen LogP contribution in [0, 0.1) is 12.7 Å². The number of carbonyl (C=O) groups is 1. The first-order valence-corrected chi connectivity index (χ1v) is 7.80. The van der Waals surface area contributed by atoms with Crippen molar-refractivity contribution in [1.82, 2.24) is 4.90 Å². The van der Waals surface area contributed by atoms with Crippen molar-refractivity contribution in [1.29, 1.82) is 0 Å². The Morgan fingerprint density at radius 1 is 1.50 bits per heavy atom. The van der Waals surface area contributed by atoms with Crippen LogP contribution in [-0.4, -0.2) is 35.7 Å². The lowest BCUT2D eigenvalue weighted by Crippen LogP contribution is -2.49. The van der Waals surface area contributed by atoms with Crippen LogP contribution in [-0.2, 0) is 4.74 Å². The molecular formula is C17H25FN2O2. The molecule has 0 spiro atoms. The Balaban J connectivity index is 2.08. The van der Waals surface area contributed by atoms with Gasteiger partial charge < -0.3 is 15.0 Å². The SMILES string of the molecule is CCN(C(=O)Nc1ccc(F)cc1C)C1CCOC(C)(C)C1. The van der Waals surface area contributed by atoms with Crippen LogP contribution >= 0.6 is 0 Å². The highest BCUT2D eigenvalue weighted by Crippen LogP contribution is 2.28. The summed E-state index contributed by atoms with van der Waals surface area (Å²) < 4.78 is 18.9. The van der Waals surface area contributed by atoms with E-state index < -0.39 is 0 Å². The van der Waals surface area contributed by atoms with Gasteiger partial charge in [-0.05, 0) is 64.3 Å². The molecule has 1 fully saturated rings. The van der Waals surface area contributed by atoms with Crippen LogP contribution in [0.15, 0.2) is 18.2 Å². The second-order valence-corrected chi connectivity index (χ2v) is 6.43. The van der Waals surface area contributed by atoms with Gasteiger partial charge in [-0.3, -0.25) is 0 Å². The number of halogens is 1. The number of urea groups is 1. The molecule has 22 heavy (non-hydrogen) atoms. The van der Waals surface area contributed by atoms with Crippen molar-refractivity contribution in [3.8, 4) is 0 Å². The minimum atomic E-state index is -0.297. The molecule has 1 atom stereocenters. The normalized spacial score (nSPS) is 20.5. The number of carbonyl (C=O) groups excluding carboxylic acids is 1. The molecule has 1 aliphatic rings. The first-order chi connectivity index (χ1) is 10.3. The number of nitrogens with zero attached hydrogens (tertiary/aromatic N) is 1. The Kier molecular flexibility index (Phi) is 5.06. The van der Waals surface area contributed by atoms with E-state index in [9.17, 15) is 9.18 Å². The summed E-state index contributed by atoms with van der Waals surface area (Å²) in [4.78, 5) is 14.4. The highest BCUT2D eigenvalue weighted by molar-refractivity contribution is 5.90. The van der Waals surface area contributed by atoms with Crippen LogP contribution in [0.1, 0.15) is 39.2 Å². The van der Waals surface area contributed by atoms with Gasteiger partial charge in [0.15, 0.2) is 0 Å². The van der Waals surface area contributed by atoms with E-state index >= 15 is 0 Å². The third-order valence-corrected chi connectivity index (χ3v) is 4.14. The maximum atomic E-state index is 13.1.